The maximum Gasteiger partial charge on any atom is 0.0163 e. The van der Waals surface area contributed by atoms with Crippen molar-refractivity contribution in [3.8, 4) is 0 Å². The van der Waals surface area contributed by atoms with E-state index in [0.717, 1.165) is 6.54 Å². The maximum absolute atomic E-state index is 2.59. The molecule has 0 atom stereocenters. The van der Waals surface area contributed by atoms with Crippen LogP contribution in [0.2, 0.25) is 0 Å². The summed E-state index contributed by atoms with van der Waals surface area (Å²) in [6.07, 6.45) is 8.69. The van der Waals surface area contributed by atoms with E-state index in [4.69, 9.17) is 0 Å². The van der Waals surface area contributed by atoms with Gasteiger partial charge in [0.15, 0.2) is 0 Å². The Morgan fingerprint density at radius 3 is 2.33 bits per heavy atom. The second kappa shape index (κ2) is 4.67. The van der Waals surface area contributed by atoms with Gasteiger partial charge in [-0.25, -0.2) is 0 Å². The Bertz CT molecular complexity index is 227. The Hall–Kier alpha value is -0.340. The van der Waals surface area contributed by atoms with Crippen molar-refractivity contribution in [3.63, 3.8) is 0 Å². The minimum absolute atomic E-state index is 0.682. The average Bonchev–Trinajstić information content (AvgIpc) is 2.60. The second-order valence-electron chi connectivity index (χ2n) is 5.36. The summed E-state index contributed by atoms with van der Waals surface area (Å²) in [5.74, 6) is 0. The maximum atomic E-state index is 2.59. The first kappa shape index (κ1) is 11.2. The average molecular weight is 208 g/mol. The number of allylic oxidation sites excluding steroid dienone is 1. The van der Waals surface area contributed by atoms with Gasteiger partial charge in [0.1, 0.15) is 0 Å². The van der Waals surface area contributed by atoms with Crippen molar-refractivity contribution in [3.05, 3.63) is 12.2 Å². The number of hydrogen-bond donors (Lipinski definition) is 0. The number of hydrogen-bond acceptors (Lipinski definition) is 2. The molecule has 0 amide bonds. The largest absolute Gasteiger partial charge is 0.306 e. The summed E-state index contributed by atoms with van der Waals surface area (Å²) in [5, 5.41) is 0. The SMILES string of the molecule is C/C=C/CN1CCC2(CCN(C)C2)CC1. The Morgan fingerprint density at radius 2 is 1.80 bits per heavy atom. The lowest BCUT2D eigenvalue weighted by Crippen LogP contribution is -2.41. The molecule has 0 aromatic rings. The fraction of sp³-hybridized carbons (Fsp3) is 0.846. The zero-order chi connectivity index (χ0) is 10.7. The molecule has 2 aliphatic heterocycles. The van der Waals surface area contributed by atoms with Gasteiger partial charge in [-0.05, 0) is 58.3 Å². The van der Waals surface area contributed by atoms with Gasteiger partial charge in [-0.15, -0.1) is 0 Å². The van der Waals surface area contributed by atoms with Crippen molar-refractivity contribution >= 4 is 0 Å². The van der Waals surface area contributed by atoms with Gasteiger partial charge < -0.3 is 4.90 Å². The van der Waals surface area contributed by atoms with Crippen LogP contribution in [0.4, 0.5) is 0 Å². The molecule has 2 rings (SSSR count). The minimum atomic E-state index is 0.682. The lowest BCUT2D eigenvalue weighted by Gasteiger charge is -2.38. The van der Waals surface area contributed by atoms with Crippen LogP contribution in [0, 0.1) is 5.41 Å². The number of nitrogens with zero attached hydrogens (tertiary/aromatic N) is 2. The molecule has 2 heterocycles. The van der Waals surface area contributed by atoms with Crippen LogP contribution < -0.4 is 0 Å². The van der Waals surface area contributed by atoms with Crippen molar-refractivity contribution in [1.29, 1.82) is 0 Å². The van der Waals surface area contributed by atoms with E-state index >= 15 is 0 Å². The summed E-state index contributed by atoms with van der Waals surface area (Å²) >= 11 is 0. The van der Waals surface area contributed by atoms with Crippen LogP contribution in [0.25, 0.3) is 0 Å². The molecule has 2 fully saturated rings. The van der Waals surface area contributed by atoms with Crippen LogP contribution in [0.15, 0.2) is 12.2 Å². The van der Waals surface area contributed by atoms with E-state index in [9.17, 15) is 0 Å². The summed E-state index contributed by atoms with van der Waals surface area (Å²) in [7, 11) is 2.26. The van der Waals surface area contributed by atoms with Gasteiger partial charge >= 0.3 is 0 Å². The van der Waals surface area contributed by atoms with Gasteiger partial charge in [-0.2, -0.15) is 0 Å². The molecular formula is C13H24N2. The summed E-state index contributed by atoms with van der Waals surface area (Å²) in [6, 6.07) is 0. The fourth-order valence-corrected chi connectivity index (χ4v) is 3.03. The van der Waals surface area contributed by atoms with Gasteiger partial charge in [0.2, 0.25) is 0 Å². The first-order valence-corrected chi connectivity index (χ1v) is 6.26. The van der Waals surface area contributed by atoms with Crippen LogP contribution in [-0.2, 0) is 0 Å². The van der Waals surface area contributed by atoms with Crippen molar-refractivity contribution in [2.75, 3.05) is 39.8 Å². The minimum Gasteiger partial charge on any atom is -0.306 e. The molecule has 0 aromatic heterocycles. The molecule has 0 saturated carbocycles. The molecule has 0 unspecified atom stereocenters. The highest BCUT2D eigenvalue weighted by Crippen LogP contribution is 2.39. The van der Waals surface area contributed by atoms with Gasteiger partial charge in [-0.1, -0.05) is 12.2 Å². The zero-order valence-electron chi connectivity index (χ0n) is 10.2. The van der Waals surface area contributed by atoms with Gasteiger partial charge in [0.25, 0.3) is 0 Å². The second-order valence-corrected chi connectivity index (χ2v) is 5.36. The summed E-state index contributed by atoms with van der Waals surface area (Å²) < 4.78 is 0. The topological polar surface area (TPSA) is 6.48 Å². The van der Waals surface area contributed by atoms with Crippen molar-refractivity contribution in [2.45, 2.75) is 26.2 Å². The Labute approximate surface area is 93.9 Å². The molecule has 2 aliphatic rings. The van der Waals surface area contributed by atoms with Crippen LogP contribution in [-0.4, -0.2) is 49.6 Å². The predicted molar refractivity (Wildman–Crippen MR) is 65.0 cm³/mol. The molecule has 2 heteroatoms. The van der Waals surface area contributed by atoms with Crippen LogP contribution >= 0.6 is 0 Å². The highest BCUT2D eigenvalue weighted by atomic mass is 15.2. The quantitative estimate of drug-likeness (QED) is 0.640. The normalized spacial score (nSPS) is 28.1. The molecule has 0 bridgehead atoms. The lowest BCUT2D eigenvalue weighted by atomic mass is 9.78. The number of likely N-dealkylation sites (tertiary alicyclic amines) is 2. The smallest absolute Gasteiger partial charge is 0.0163 e. The summed E-state index contributed by atoms with van der Waals surface area (Å²) in [6.45, 7) is 8.52. The van der Waals surface area contributed by atoms with E-state index in [2.05, 4.69) is 35.9 Å². The van der Waals surface area contributed by atoms with Crippen LogP contribution in [0.3, 0.4) is 0 Å². The molecule has 0 N–H and O–H groups in total. The molecule has 0 radical (unpaired) electrons. The van der Waals surface area contributed by atoms with E-state index in [-0.39, 0.29) is 0 Å². The molecule has 2 saturated heterocycles. The van der Waals surface area contributed by atoms with Crippen molar-refractivity contribution in [2.24, 2.45) is 5.41 Å². The Balaban J connectivity index is 1.81. The number of rotatable bonds is 2. The van der Waals surface area contributed by atoms with Crippen LogP contribution in [0.1, 0.15) is 26.2 Å². The van der Waals surface area contributed by atoms with E-state index in [1.54, 1.807) is 0 Å². The zero-order valence-corrected chi connectivity index (χ0v) is 10.2. The van der Waals surface area contributed by atoms with Gasteiger partial charge in [0, 0.05) is 13.1 Å². The first-order valence-electron chi connectivity index (χ1n) is 6.26. The first-order chi connectivity index (χ1) is 7.24. The molecule has 0 aliphatic carbocycles. The standard InChI is InChI=1S/C13H24N2/c1-3-4-8-15-10-6-13(7-11-15)5-9-14(2)12-13/h3-4H,5-12H2,1-2H3/b4-3+. The van der Waals surface area contributed by atoms with E-state index in [0.29, 0.717) is 5.41 Å². The van der Waals surface area contributed by atoms with E-state index < -0.39 is 0 Å². The van der Waals surface area contributed by atoms with Crippen molar-refractivity contribution in [1.82, 2.24) is 9.80 Å². The third-order valence-corrected chi connectivity index (χ3v) is 4.15. The van der Waals surface area contributed by atoms with Crippen molar-refractivity contribution < 1.29 is 0 Å². The van der Waals surface area contributed by atoms with Gasteiger partial charge in [0.05, 0.1) is 0 Å². The molecule has 0 aromatic carbocycles. The lowest BCUT2D eigenvalue weighted by molar-refractivity contribution is 0.119. The monoisotopic (exact) mass is 208 g/mol. The molecule has 1 spiro atoms. The predicted octanol–water partition coefficient (Wildman–Crippen LogP) is 1.98. The Kier molecular flexibility index (Phi) is 3.47. The highest BCUT2D eigenvalue weighted by Gasteiger charge is 2.38. The molecule has 2 nitrogen and oxygen atoms in total. The molecule has 15 heavy (non-hydrogen) atoms. The molecule has 86 valence electrons. The van der Waals surface area contributed by atoms with E-state index in [1.807, 2.05) is 0 Å². The molecular weight excluding hydrogens is 184 g/mol. The van der Waals surface area contributed by atoms with E-state index in [1.165, 1.54) is 45.4 Å². The summed E-state index contributed by atoms with van der Waals surface area (Å²) in [5.41, 5.74) is 0.682. The Morgan fingerprint density at radius 1 is 1.13 bits per heavy atom. The third kappa shape index (κ3) is 2.61. The fourth-order valence-electron chi connectivity index (χ4n) is 3.03. The summed E-state index contributed by atoms with van der Waals surface area (Å²) in [4.78, 5) is 5.09. The number of piperidine rings is 1. The highest BCUT2D eigenvalue weighted by molar-refractivity contribution is 4.94. The van der Waals surface area contributed by atoms with Gasteiger partial charge in [-0.3, -0.25) is 4.90 Å². The van der Waals surface area contributed by atoms with Crippen LogP contribution in [0.5, 0.6) is 0 Å². The third-order valence-electron chi connectivity index (χ3n) is 4.15.